The standard InChI is InChI=1S/C22H14FN3O3S2/c1-14-2-4-17(5-3-14)31(28,29)26-9-7-18-19(13-27)22(20(23)11-21(18)26)30-16-6-8-25-15(10-16)12-24/h2-11,13H,1H3. The van der Waals surface area contributed by atoms with Gasteiger partial charge in [0.1, 0.15) is 17.6 Å². The fraction of sp³-hybridized carbons (Fsp3) is 0.0455. The number of benzene rings is 2. The maximum atomic E-state index is 15.1. The Kier molecular flexibility index (Phi) is 5.35. The Morgan fingerprint density at radius 1 is 1.16 bits per heavy atom. The van der Waals surface area contributed by atoms with E-state index < -0.39 is 15.8 Å². The van der Waals surface area contributed by atoms with E-state index in [1.54, 1.807) is 18.2 Å². The predicted molar refractivity (Wildman–Crippen MR) is 114 cm³/mol. The second-order valence-corrected chi connectivity index (χ2v) is 9.57. The van der Waals surface area contributed by atoms with E-state index in [-0.39, 0.29) is 26.6 Å². The number of aldehydes is 1. The number of fused-ring (bicyclic) bond motifs is 1. The van der Waals surface area contributed by atoms with Crippen molar-refractivity contribution in [1.29, 1.82) is 5.26 Å². The third-order valence-corrected chi connectivity index (χ3v) is 7.48. The number of carbonyl (C=O) groups is 1. The number of hydrogen-bond acceptors (Lipinski definition) is 6. The van der Waals surface area contributed by atoms with Gasteiger partial charge in [-0.3, -0.25) is 4.79 Å². The number of aromatic nitrogens is 2. The summed E-state index contributed by atoms with van der Waals surface area (Å²) in [6.45, 7) is 1.84. The Morgan fingerprint density at radius 3 is 2.58 bits per heavy atom. The lowest BCUT2D eigenvalue weighted by Crippen LogP contribution is -2.12. The average Bonchev–Trinajstić information content (AvgIpc) is 3.19. The number of aryl methyl sites for hydroxylation is 1. The lowest BCUT2D eigenvalue weighted by Gasteiger charge is -2.11. The van der Waals surface area contributed by atoms with E-state index in [0.29, 0.717) is 16.6 Å². The molecule has 0 aliphatic heterocycles. The zero-order valence-electron chi connectivity index (χ0n) is 16.1. The van der Waals surface area contributed by atoms with Crippen LogP contribution in [0.4, 0.5) is 4.39 Å². The van der Waals surface area contributed by atoms with E-state index in [1.165, 1.54) is 36.7 Å². The maximum Gasteiger partial charge on any atom is 0.268 e. The summed E-state index contributed by atoms with van der Waals surface area (Å²) in [6, 6.07) is 13.9. The van der Waals surface area contributed by atoms with Crippen molar-refractivity contribution in [2.75, 3.05) is 0 Å². The number of pyridine rings is 1. The van der Waals surface area contributed by atoms with E-state index in [1.807, 2.05) is 13.0 Å². The SMILES string of the molecule is Cc1ccc(S(=O)(=O)n2ccc3c(C=O)c(Sc4ccnc(C#N)c4)c(F)cc32)cc1. The summed E-state index contributed by atoms with van der Waals surface area (Å²) in [7, 11) is -3.98. The van der Waals surface area contributed by atoms with Crippen LogP contribution in [0.5, 0.6) is 0 Å². The maximum absolute atomic E-state index is 15.1. The fourth-order valence-electron chi connectivity index (χ4n) is 3.14. The minimum atomic E-state index is -3.98. The number of rotatable bonds is 5. The molecular weight excluding hydrogens is 437 g/mol. The predicted octanol–water partition coefficient (Wildman–Crippen LogP) is 4.56. The molecular formula is C22H14FN3O3S2. The van der Waals surface area contributed by atoms with Gasteiger partial charge in [-0.2, -0.15) is 5.26 Å². The van der Waals surface area contributed by atoms with E-state index in [0.717, 1.165) is 27.4 Å². The largest absolute Gasteiger partial charge is 0.298 e. The molecule has 2 heterocycles. The molecule has 0 radical (unpaired) electrons. The van der Waals surface area contributed by atoms with Crippen LogP contribution in [0.2, 0.25) is 0 Å². The highest BCUT2D eigenvalue weighted by atomic mass is 32.2. The van der Waals surface area contributed by atoms with E-state index in [9.17, 15) is 13.2 Å². The first-order chi connectivity index (χ1) is 14.8. The number of halogens is 1. The Hall–Kier alpha value is -3.48. The van der Waals surface area contributed by atoms with Gasteiger partial charge >= 0.3 is 0 Å². The monoisotopic (exact) mass is 451 g/mol. The number of nitrogens with zero attached hydrogens (tertiary/aromatic N) is 3. The Bertz CT molecular complexity index is 1470. The Labute approximate surface area is 182 Å². The van der Waals surface area contributed by atoms with E-state index in [4.69, 9.17) is 5.26 Å². The molecule has 0 atom stereocenters. The molecule has 0 aliphatic rings. The molecule has 0 saturated carbocycles. The van der Waals surface area contributed by atoms with Crippen LogP contribution in [-0.2, 0) is 10.0 Å². The third kappa shape index (κ3) is 3.71. The summed E-state index contributed by atoms with van der Waals surface area (Å²) in [4.78, 5) is 16.4. The molecule has 0 unspecified atom stereocenters. The van der Waals surface area contributed by atoms with Gasteiger partial charge in [-0.15, -0.1) is 0 Å². The normalized spacial score (nSPS) is 11.4. The first-order valence-corrected chi connectivity index (χ1v) is 11.3. The molecule has 0 bridgehead atoms. The van der Waals surface area contributed by atoms with Gasteiger partial charge in [0.2, 0.25) is 0 Å². The van der Waals surface area contributed by atoms with E-state index in [2.05, 4.69) is 4.98 Å². The van der Waals surface area contributed by atoms with E-state index >= 15 is 4.39 Å². The summed E-state index contributed by atoms with van der Waals surface area (Å²) in [6.07, 6.45) is 3.23. The van der Waals surface area contributed by atoms with Crippen molar-refractivity contribution in [2.45, 2.75) is 21.6 Å². The molecule has 0 amide bonds. The molecule has 154 valence electrons. The molecule has 31 heavy (non-hydrogen) atoms. The van der Waals surface area contributed by atoms with Crippen molar-refractivity contribution in [3.05, 3.63) is 83.6 Å². The smallest absolute Gasteiger partial charge is 0.268 e. The third-order valence-electron chi connectivity index (χ3n) is 4.67. The Balaban J connectivity index is 1.86. The molecule has 9 heteroatoms. The lowest BCUT2D eigenvalue weighted by atomic mass is 10.1. The zero-order chi connectivity index (χ0) is 22.2. The topological polar surface area (TPSA) is 92.8 Å². The van der Waals surface area contributed by atoms with Crippen LogP contribution in [-0.4, -0.2) is 23.7 Å². The number of carbonyl (C=O) groups excluding carboxylic acids is 1. The van der Waals surface area contributed by atoms with Crippen LogP contribution in [0.3, 0.4) is 0 Å². The van der Waals surface area contributed by atoms with Crippen molar-refractivity contribution in [2.24, 2.45) is 0 Å². The van der Waals surface area contributed by atoms with Crippen LogP contribution in [0, 0.1) is 24.1 Å². The van der Waals surface area contributed by atoms with Gasteiger partial charge in [-0.1, -0.05) is 29.5 Å². The minimum absolute atomic E-state index is 0.0353. The molecule has 0 N–H and O–H groups in total. The summed E-state index contributed by atoms with van der Waals surface area (Å²) in [5.74, 6) is -0.742. The molecule has 0 saturated heterocycles. The minimum Gasteiger partial charge on any atom is -0.298 e. The molecule has 2 aromatic carbocycles. The van der Waals surface area contributed by atoms with Crippen LogP contribution < -0.4 is 0 Å². The highest BCUT2D eigenvalue weighted by molar-refractivity contribution is 7.99. The second kappa shape index (κ2) is 7.98. The van der Waals surface area contributed by atoms with Crippen molar-refractivity contribution in [1.82, 2.24) is 8.96 Å². The summed E-state index contributed by atoms with van der Waals surface area (Å²) in [5.41, 5.74) is 1.17. The van der Waals surface area contributed by atoms with Gasteiger partial charge < -0.3 is 0 Å². The lowest BCUT2D eigenvalue weighted by molar-refractivity contribution is 0.112. The zero-order valence-corrected chi connectivity index (χ0v) is 17.7. The van der Waals surface area contributed by atoms with Crippen molar-refractivity contribution >= 4 is 39.0 Å². The molecule has 4 aromatic rings. The van der Waals surface area contributed by atoms with Crippen LogP contribution in [0.1, 0.15) is 21.6 Å². The first-order valence-electron chi connectivity index (χ1n) is 9.00. The van der Waals surface area contributed by atoms with Gasteiger partial charge in [-0.25, -0.2) is 21.8 Å². The van der Waals surface area contributed by atoms with Gasteiger partial charge in [0, 0.05) is 34.3 Å². The average molecular weight is 452 g/mol. The molecule has 0 aliphatic carbocycles. The van der Waals surface area contributed by atoms with Crippen molar-refractivity contribution < 1.29 is 17.6 Å². The van der Waals surface area contributed by atoms with Gasteiger partial charge in [0.05, 0.1) is 15.3 Å². The van der Waals surface area contributed by atoms with Crippen LogP contribution in [0.25, 0.3) is 10.9 Å². The van der Waals surface area contributed by atoms with Gasteiger partial charge in [0.25, 0.3) is 10.0 Å². The molecule has 6 nitrogen and oxygen atoms in total. The number of nitriles is 1. The fourth-order valence-corrected chi connectivity index (χ4v) is 5.44. The molecule has 4 rings (SSSR count). The van der Waals surface area contributed by atoms with Crippen molar-refractivity contribution in [3.63, 3.8) is 0 Å². The molecule has 0 spiro atoms. The van der Waals surface area contributed by atoms with Gasteiger partial charge in [-0.05, 0) is 37.3 Å². The summed E-state index contributed by atoms with van der Waals surface area (Å²) < 4.78 is 42.2. The Morgan fingerprint density at radius 2 is 1.90 bits per heavy atom. The highest BCUT2D eigenvalue weighted by Gasteiger charge is 2.23. The van der Waals surface area contributed by atoms with Crippen LogP contribution in [0.15, 0.2) is 75.6 Å². The highest BCUT2D eigenvalue weighted by Crippen LogP contribution is 2.37. The molecule has 2 aromatic heterocycles. The quantitative estimate of drug-likeness (QED) is 0.413. The summed E-state index contributed by atoms with van der Waals surface area (Å²) >= 11 is 0.968. The van der Waals surface area contributed by atoms with Crippen LogP contribution >= 0.6 is 11.8 Å². The number of hydrogen-bond donors (Lipinski definition) is 0. The summed E-state index contributed by atoms with van der Waals surface area (Å²) in [5, 5.41) is 9.31. The second-order valence-electron chi connectivity index (χ2n) is 6.67. The molecule has 0 fully saturated rings. The first kappa shape index (κ1) is 20.8. The van der Waals surface area contributed by atoms with Gasteiger partial charge in [0.15, 0.2) is 6.29 Å². The van der Waals surface area contributed by atoms with Crippen molar-refractivity contribution in [3.8, 4) is 6.07 Å².